The summed E-state index contributed by atoms with van der Waals surface area (Å²) in [5.74, 6) is 0.255. The number of amides is 1. The van der Waals surface area contributed by atoms with Crippen LogP contribution in [0.5, 0.6) is 0 Å². The predicted molar refractivity (Wildman–Crippen MR) is 79.1 cm³/mol. The molecule has 0 bridgehead atoms. The highest BCUT2D eigenvalue weighted by atomic mass is 16.3. The molecule has 1 aliphatic rings. The first-order chi connectivity index (χ1) is 10.2. The summed E-state index contributed by atoms with van der Waals surface area (Å²) < 4.78 is 5.20. The zero-order chi connectivity index (χ0) is 14.7. The van der Waals surface area contributed by atoms with Crippen molar-refractivity contribution < 1.29 is 14.3 Å². The number of hydrogen-bond acceptors (Lipinski definition) is 3. The van der Waals surface area contributed by atoms with Crippen molar-refractivity contribution in [3.63, 3.8) is 0 Å². The van der Waals surface area contributed by atoms with Crippen LogP contribution >= 0.6 is 0 Å². The molecule has 0 spiro atoms. The molecule has 1 aromatic heterocycles. The molecule has 1 amide bonds. The molecule has 21 heavy (non-hydrogen) atoms. The van der Waals surface area contributed by atoms with E-state index in [0.717, 1.165) is 18.4 Å². The summed E-state index contributed by atoms with van der Waals surface area (Å²) in [6, 6.07) is 13.4. The Labute approximate surface area is 124 Å². The Bertz CT molecular complexity index is 594. The third kappa shape index (κ3) is 2.59. The van der Waals surface area contributed by atoms with Gasteiger partial charge in [0.2, 0.25) is 0 Å². The van der Waals surface area contributed by atoms with Crippen molar-refractivity contribution in [1.82, 2.24) is 4.90 Å². The Morgan fingerprint density at radius 1 is 1.24 bits per heavy atom. The average Bonchev–Trinajstić information content (AvgIpc) is 3.09. The molecule has 1 fully saturated rings. The maximum Gasteiger partial charge on any atom is 0.289 e. The third-order valence-corrected chi connectivity index (χ3v) is 4.28. The van der Waals surface area contributed by atoms with Gasteiger partial charge in [0.05, 0.1) is 12.9 Å². The number of carbonyl (C=O) groups is 1. The fourth-order valence-corrected chi connectivity index (χ4v) is 3.11. The van der Waals surface area contributed by atoms with Gasteiger partial charge in [-0.25, -0.2) is 0 Å². The average molecular weight is 285 g/mol. The van der Waals surface area contributed by atoms with Crippen molar-refractivity contribution in [2.45, 2.75) is 18.3 Å². The van der Waals surface area contributed by atoms with E-state index >= 15 is 0 Å². The Hall–Kier alpha value is -2.07. The number of piperidine rings is 1. The van der Waals surface area contributed by atoms with Crippen molar-refractivity contribution in [2.75, 3.05) is 19.7 Å². The number of rotatable bonds is 3. The van der Waals surface area contributed by atoms with Gasteiger partial charge in [-0.2, -0.15) is 0 Å². The van der Waals surface area contributed by atoms with Crippen LogP contribution in [0, 0.1) is 0 Å². The Morgan fingerprint density at radius 2 is 2.05 bits per heavy atom. The molecule has 1 N–H and O–H groups in total. The highest BCUT2D eigenvalue weighted by Crippen LogP contribution is 2.34. The highest BCUT2D eigenvalue weighted by Gasteiger charge is 2.38. The molecule has 110 valence electrons. The van der Waals surface area contributed by atoms with Crippen molar-refractivity contribution in [3.05, 3.63) is 60.1 Å². The van der Waals surface area contributed by atoms with E-state index in [1.807, 2.05) is 30.3 Å². The van der Waals surface area contributed by atoms with Gasteiger partial charge in [-0.1, -0.05) is 30.3 Å². The first-order valence-electron chi connectivity index (χ1n) is 7.24. The fourth-order valence-electron chi connectivity index (χ4n) is 3.11. The smallest absolute Gasteiger partial charge is 0.289 e. The van der Waals surface area contributed by atoms with Crippen molar-refractivity contribution in [1.29, 1.82) is 0 Å². The van der Waals surface area contributed by atoms with E-state index in [-0.39, 0.29) is 17.9 Å². The summed E-state index contributed by atoms with van der Waals surface area (Å²) in [7, 11) is 0. The van der Waals surface area contributed by atoms with Gasteiger partial charge in [0.25, 0.3) is 5.91 Å². The number of likely N-dealkylation sites (tertiary alicyclic amines) is 1. The number of carbonyl (C=O) groups excluding carboxylic acids is 1. The van der Waals surface area contributed by atoms with E-state index in [9.17, 15) is 9.90 Å². The van der Waals surface area contributed by atoms with Gasteiger partial charge >= 0.3 is 0 Å². The van der Waals surface area contributed by atoms with E-state index in [0.29, 0.717) is 18.8 Å². The number of nitrogens with zero attached hydrogens (tertiary/aromatic N) is 1. The molecule has 0 unspecified atom stereocenters. The molecule has 4 heteroatoms. The quantitative estimate of drug-likeness (QED) is 0.942. The van der Waals surface area contributed by atoms with Crippen LogP contribution in [0.25, 0.3) is 0 Å². The first kappa shape index (κ1) is 13.9. The second-order valence-corrected chi connectivity index (χ2v) is 5.61. The third-order valence-electron chi connectivity index (χ3n) is 4.28. The second kappa shape index (κ2) is 5.74. The van der Waals surface area contributed by atoms with Gasteiger partial charge in [0.15, 0.2) is 5.76 Å². The lowest BCUT2D eigenvalue weighted by Crippen LogP contribution is -2.50. The topological polar surface area (TPSA) is 53.7 Å². The summed E-state index contributed by atoms with van der Waals surface area (Å²) in [6.07, 6.45) is 3.27. The minimum absolute atomic E-state index is 0.0406. The van der Waals surface area contributed by atoms with Crippen LogP contribution in [-0.2, 0) is 5.41 Å². The van der Waals surface area contributed by atoms with E-state index in [4.69, 9.17) is 4.42 Å². The lowest BCUT2D eigenvalue weighted by Gasteiger charge is -2.42. The predicted octanol–water partition coefficient (Wildman–Crippen LogP) is 2.45. The van der Waals surface area contributed by atoms with E-state index in [1.54, 1.807) is 17.0 Å². The van der Waals surface area contributed by atoms with Crippen LogP contribution in [0.15, 0.2) is 53.1 Å². The molecule has 1 atom stereocenters. The Morgan fingerprint density at radius 3 is 2.71 bits per heavy atom. The van der Waals surface area contributed by atoms with Gasteiger partial charge in [0.1, 0.15) is 0 Å². The highest BCUT2D eigenvalue weighted by molar-refractivity contribution is 5.91. The first-order valence-corrected chi connectivity index (χ1v) is 7.24. The van der Waals surface area contributed by atoms with E-state index in [1.165, 1.54) is 6.26 Å². The maximum atomic E-state index is 12.4. The molecule has 0 aliphatic carbocycles. The van der Waals surface area contributed by atoms with Crippen LogP contribution in [0.2, 0.25) is 0 Å². The van der Waals surface area contributed by atoms with E-state index < -0.39 is 0 Å². The van der Waals surface area contributed by atoms with Gasteiger partial charge in [-0.15, -0.1) is 0 Å². The number of aliphatic hydroxyl groups excluding tert-OH is 1. The molecule has 4 nitrogen and oxygen atoms in total. The fraction of sp³-hybridized carbons (Fsp3) is 0.353. The second-order valence-electron chi connectivity index (χ2n) is 5.61. The summed E-state index contributed by atoms with van der Waals surface area (Å²) >= 11 is 0. The van der Waals surface area contributed by atoms with Gasteiger partial charge in [0, 0.05) is 18.5 Å². The zero-order valence-corrected chi connectivity index (χ0v) is 11.9. The molecule has 0 saturated carbocycles. The summed E-state index contributed by atoms with van der Waals surface area (Å²) in [5, 5.41) is 9.96. The van der Waals surface area contributed by atoms with Crippen molar-refractivity contribution >= 4 is 5.91 Å². The number of furan rings is 1. The van der Waals surface area contributed by atoms with Crippen LogP contribution in [0.1, 0.15) is 29.0 Å². The SMILES string of the molecule is O=C(c1ccco1)N1CCC[C@@](CO)(c2ccccc2)C1. The Balaban J connectivity index is 1.86. The molecular formula is C17H19NO3. The lowest BCUT2D eigenvalue weighted by molar-refractivity contribution is 0.0515. The molecule has 1 aromatic carbocycles. The van der Waals surface area contributed by atoms with E-state index in [2.05, 4.69) is 0 Å². The van der Waals surface area contributed by atoms with Gasteiger partial charge in [-0.3, -0.25) is 4.79 Å². The minimum atomic E-state index is -0.373. The largest absolute Gasteiger partial charge is 0.459 e. The van der Waals surface area contributed by atoms with Crippen molar-refractivity contribution in [3.8, 4) is 0 Å². The molecule has 1 aliphatic heterocycles. The molecule has 1 saturated heterocycles. The summed E-state index contributed by atoms with van der Waals surface area (Å²) in [5.41, 5.74) is 0.714. The molecule has 2 heterocycles. The normalized spacial score (nSPS) is 22.2. The minimum Gasteiger partial charge on any atom is -0.459 e. The zero-order valence-electron chi connectivity index (χ0n) is 11.9. The van der Waals surface area contributed by atoms with Crippen LogP contribution < -0.4 is 0 Å². The number of benzene rings is 1. The van der Waals surface area contributed by atoms with Crippen LogP contribution in [0.3, 0.4) is 0 Å². The van der Waals surface area contributed by atoms with Gasteiger partial charge < -0.3 is 14.4 Å². The van der Waals surface area contributed by atoms with Crippen LogP contribution in [0.4, 0.5) is 0 Å². The molecule has 0 radical (unpaired) electrons. The number of hydrogen-bond donors (Lipinski definition) is 1. The maximum absolute atomic E-state index is 12.4. The van der Waals surface area contributed by atoms with Gasteiger partial charge in [-0.05, 0) is 30.5 Å². The number of aliphatic hydroxyl groups is 1. The van der Waals surface area contributed by atoms with Crippen molar-refractivity contribution in [2.24, 2.45) is 0 Å². The monoisotopic (exact) mass is 285 g/mol. The standard InChI is InChI=1S/C17H19NO3/c19-13-17(14-6-2-1-3-7-14)9-5-10-18(12-17)16(20)15-8-4-11-21-15/h1-4,6-8,11,19H,5,9-10,12-13H2/t17-/m1/s1. The molecule has 3 rings (SSSR count). The molecular weight excluding hydrogens is 266 g/mol. The lowest BCUT2D eigenvalue weighted by atomic mass is 9.74. The van der Waals surface area contributed by atoms with Crippen LogP contribution in [-0.4, -0.2) is 35.6 Å². The summed E-state index contributed by atoms with van der Waals surface area (Å²) in [4.78, 5) is 14.2. The summed E-state index contributed by atoms with van der Waals surface area (Å²) in [6.45, 7) is 1.26. The molecule has 2 aromatic rings. The Kier molecular flexibility index (Phi) is 3.80.